The highest BCUT2D eigenvalue weighted by atomic mass is 15.0. The SMILES string of the molecule is Cc1ccc2ccccc2c1-c1c2ccccc2cc2cncn12. The van der Waals surface area contributed by atoms with Gasteiger partial charge in [0.05, 0.1) is 23.7 Å². The Morgan fingerprint density at radius 2 is 1.54 bits per heavy atom. The molecule has 2 heteroatoms. The van der Waals surface area contributed by atoms with Gasteiger partial charge in [-0.05, 0) is 34.7 Å². The quantitative estimate of drug-likeness (QED) is 0.393. The summed E-state index contributed by atoms with van der Waals surface area (Å²) in [6, 6.07) is 23.8. The molecule has 0 N–H and O–H groups in total. The van der Waals surface area contributed by atoms with Crippen LogP contribution in [-0.2, 0) is 0 Å². The number of rotatable bonds is 1. The molecule has 0 unspecified atom stereocenters. The van der Waals surface area contributed by atoms with Gasteiger partial charge in [-0.1, -0.05) is 60.7 Å². The van der Waals surface area contributed by atoms with E-state index >= 15 is 0 Å². The van der Waals surface area contributed by atoms with Gasteiger partial charge in [0.2, 0.25) is 0 Å². The summed E-state index contributed by atoms with van der Waals surface area (Å²) >= 11 is 0. The third-order valence-electron chi connectivity index (χ3n) is 4.80. The van der Waals surface area contributed by atoms with E-state index in [9.17, 15) is 0 Å². The summed E-state index contributed by atoms with van der Waals surface area (Å²) in [5.41, 5.74) is 4.90. The third-order valence-corrected chi connectivity index (χ3v) is 4.80. The lowest BCUT2D eigenvalue weighted by Gasteiger charge is -2.15. The van der Waals surface area contributed by atoms with Crippen molar-refractivity contribution < 1.29 is 0 Å². The Balaban J connectivity index is 2.06. The highest BCUT2D eigenvalue weighted by molar-refractivity contribution is 6.06. The van der Waals surface area contributed by atoms with Crippen molar-refractivity contribution in [2.75, 3.05) is 0 Å². The minimum absolute atomic E-state index is 1.12. The maximum atomic E-state index is 4.38. The number of aryl methyl sites for hydroxylation is 1. The van der Waals surface area contributed by atoms with E-state index in [1.54, 1.807) is 0 Å². The maximum absolute atomic E-state index is 4.38. The number of benzene rings is 3. The monoisotopic (exact) mass is 308 g/mol. The van der Waals surface area contributed by atoms with Crippen LogP contribution in [0.4, 0.5) is 0 Å². The Kier molecular flexibility index (Phi) is 2.74. The molecule has 3 aromatic carbocycles. The summed E-state index contributed by atoms with van der Waals surface area (Å²) in [6.45, 7) is 2.19. The number of imidazole rings is 1. The van der Waals surface area contributed by atoms with E-state index in [0.29, 0.717) is 0 Å². The molecule has 0 bridgehead atoms. The van der Waals surface area contributed by atoms with E-state index in [0.717, 1.165) is 5.52 Å². The van der Waals surface area contributed by atoms with Gasteiger partial charge in [0, 0.05) is 10.9 Å². The zero-order chi connectivity index (χ0) is 16.1. The Morgan fingerprint density at radius 1 is 0.792 bits per heavy atom. The van der Waals surface area contributed by atoms with E-state index in [-0.39, 0.29) is 0 Å². The van der Waals surface area contributed by atoms with Gasteiger partial charge in [-0.3, -0.25) is 4.40 Å². The minimum Gasteiger partial charge on any atom is -0.298 e. The van der Waals surface area contributed by atoms with Crippen LogP contribution in [0.15, 0.2) is 79.3 Å². The second-order valence-electron chi connectivity index (χ2n) is 6.25. The first-order chi connectivity index (χ1) is 11.8. The van der Waals surface area contributed by atoms with Crippen LogP contribution in [0.5, 0.6) is 0 Å². The standard InChI is InChI=1S/C22H16N2/c1-15-10-11-16-6-2-4-8-19(16)21(15)22-20-9-5-3-7-17(20)12-18-13-23-14-24(18)22/h2-14H,1H3. The molecule has 0 saturated heterocycles. The molecular weight excluding hydrogens is 292 g/mol. The van der Waals surface area contributed by atoms with E-state index in [2.05, 4.69) is 83.0 Å². The van der Waals surface area contributed by atoms with Gasteiger partial charge in [-0.15, -0.1) is 0 Å². The number of hydrogen-bond acceptors (Lipinski definition) is 1. The molecule has 5 rings (SSSR count). The third kappa shape index (κ3) is 1.80. The number of nitrogens with zero attached hydrogens (tertiary/aromatic N) is 2. The highest BCUT2D eigenvalue weighted by Crippen LogP contribution is 2.37. The molecular formula is C22H16N2. The van der Waals surface area contributed by atoms with Crippen molar-refractivity contribution in [1.82, 2.24) is 9.38 Å². The van der Waals surface area contributed by atoms with Crippen LogP contribution in [0, 0.1) is 6.92 Å². The molecule has 0 atom stereocenters. The molecule has 0 aliphatic carbocycles. The van der Waals surface area contributed by atoms with Gasteiger partial charge in [-0.2, -0.15) is 0 Å². The summed E-state index contributed by atoms with van der Waals surface area (Å²) < 4.78 is 2.21. The summed E-state index contributed by atoms with van der Waals surface area (Å²) in [7, 11) is 0. The molecule has 0 spiro atoms. The Morgan fingerprint density at radius 3 is 2.42 bits per heavy atom. The molecule has 2 aromatic heterocycles. The van der Waals surface area contributed by atoms with Crippen LogP contribution >= 0.6 is 0 Å². The summed E-state index contributed by atoms with van der Waals surface area (Å²) in [6.07, 6.45) is 3.84. The molecule has 0 saturated carbocycles. The van der Waals surface area contributed by atoms with Crippen molar-refractivity contribution in [2.24, 2.45) is 0 Å². The molecule has 0 radical (unpaired) electrons. The number of aromatic nitrogens is 2. The van der Waals surface area contributed by atoms with Gasteiger partial charge in [0.15, 0.2) is 0 Å². The molecule has 2 nitrogen and oxygen atoms in total. The summed E-state index contributed by atoms with van der Waals surface area (Å²) in [4.78, 5) is 4.38. The molecule has 5 aromatic rings. The lowest BCUT2D eigenvalue weighted by atomic mass is 9.94. The summed E-state index contributed by atoms with van der Waals surface area (Å²) in [5, 5.41) is 5.04. The van der Waals surface area contributed by atoms with Gasteiger partial charge >= 0.3 is 0 Å². The Labute approximate surface area is 140 Å². The van der Waals surface area contributed by atoms with Gasteiger partial charge in [0.25, 0.3) is 0 Å². The predicted molar refractivity (Wildman–Crippen MR) is 100 cm³/mol. The van der Waals surface area contributed by atoms with Crippen LogP contribution in [-0.4, -0.2) is 9.38 Å². The van der Waals surface area contributed by atoms with Crippen LogP contribution in [0.3, 0.4) is 0 Å². The van der Waals surface area contributed by atoms with Gasteiger partial charge in [0.1, 0.15) is 0 Å². The Hall–Kier alpha value is -3.13. The number of pyridine rings is 1. The first kappa shape index (κ1) is 13.3. The lowest BCUT2D eigenvalue weighted by molar-refractivity contribution is 1.17. The van der Waals surface area contributed by atoms with Crippen molar-refractivity contribution in [1.29, 1.82) is 0 Å². The topological polar surface area (TPSA) is 17.3 Å². The van der Waals surface area contributed by atoms with E-state index < -0.39 is 0 Å². The van der Waals surface area contributed by atoms with Crippen molar-refractivity contribution in [3.05, 3.63) is 84.8 Å². The molecule has 0 aliphatic rings. The second-order valence-corrected chi connectivity index (χ2v) is 6.25. The number of fused-ring (bicyclic) bond motifs is 3. The van der Waals surface area contributed by atoms with Gasteiger partial charge in [-0.25, -0.2) is 4.98 Å². The fourth-order valence-electron chi connectivity index (χ4n) is 3.68. The lowest BCUT2D eigenvalue weighted by Crippen LogP contribution is -1.96. The Bertz CT molecular complexity index is 1210. The van der Waals surface area contributed by atoms with Crippen LogP contribution < -0.4 is 0 Å². The largest absolute Gasteiger partial charge is 0.298 e. The normalized spacial score (nSPS) is 11.5. The van der Waals surface area contributed by atoms with Crippen molar-refractivity contribution in [3.63, 3.8) is 0 Å². The maximum Gasteiger partial charge on any atom is 0.0997 e. The highest BCUT2D eigenvalue weighted by Gasteiger charge is 2.14. The van der Waals surface area contributed by atoms with Crippen molar-refractivity contribution >= 4 is 27.1 Å². The average Bonchev–Trinajstić information content (AvgIpc) is 3.08. The smallest absolute Gasteiger partial charge is 0.0997 e. The summed E-state index contributed by atoms with van der Waals surface area (Å²) in [5.74, 6) is 0. The minimum atomic E-state index is 1.12. The van der Waals surface area contributed by atoms with Crippen LogP contribution in [0.2, 0.25) is 0 Å². The zero-order valence-electron chi connectivity index (χ0n) is 13.4. The zero-order valence-corrected chi connectivity index (χ0v) is 13.4. The first-order valence-electron chi connectivity index (χ1n) is 8.15. The predicted octanol–water partition coefficient (Wildman–Crippen LogP) is 5.62. The van der Waals surface area contributed by atoms with E-state index in [1.807, 2.05) is 12.5 Å². The van der Waals surface area contributed by atoms with Crippen LogP contribution in [0.25, 0.3) is 38.3 Å². The number of hydrogen-bond donors (Lipinski definition) is 0. The molecule has 0 fully saturated rings. The molecule has 24 heavy (non-hydrogen) atoms. The van der Waals surface area contributed by atoms with E-state index in [4.69, 9.17) is 0 Å². The first-order valence-corrected chi connectivity index (χ1v) is 8.15. The molecule has 2 heterocycles. The fourth-order valence-corrected chi connectivity index (χ4v) is 3.68. The van der Waals surface area contributed by atoms with Gasteiger partial charge < -0.3 is 0 Å². The molecule has 0 amide bonds. The van der Waals surface area contributed by atoms with Crippen LogP contribution in [0.1, 0.15) is 5.56 Å². The average molecular weight is 308 g/mol. The second kappa shape index (κ2) is 4.93. The van der Waals surface area contributed by atoms with Crippen molar-refractivity contribution in [3.8, 4) is 11.3 Å². The molecule has 0 aliphatic heterocycles. The van der Waals surface area contributed by atoms with Crippen molar-refractivity contribution in [2.45, 2.75) is 6.92 Å². The fraction of sp³-hybridized carbons (Fsp3) is 0.0455. The molecule has 114 valence electrons. The van der Waals surface area contributed by atoms with E-state index in [1.165, 1.54) is 38.4 Å².